The van der Waals surface area contributed by atoms with Crippen molar-refractivity contribution in [2.24, 2.45) is 0 Å². The molecule has 0 unspecified atom stereocenters. The third kappa shape index (κ3) is 3.17. The normalized spacial score (nSPS) is 11.4. The Morgan fingerprint density at radius 1 is 1.29 bits per heavy atom. The van der Waals surface area contributed by atoms with Crippen molar-refractivity contribution in [3.63, 3.8) is 0 Å². The first-order valence-corrected chi connectivity index (χ1v) is 7.36. The molecule has 112 valence electrons. The summed E-state index contributed by atoms with van der Waals surface area (Å²) in [6.07, 6.45) is 1.40. The third-order valence-corrected chi connectivity index (χ3v) is 4.15. The number of hydrogen-bond acceptors (Lipinski definition) is 4. The summed E-state index contributed by atoms with van der Waals surface area (Å²) in [6.45, 7) is 0.732. The topological polar surface area (TPSA) is 79.3 Å². The summed E-state index contributed by atoms with van der Waals surface area (Å²) in [5.41, 5.74) is 0.0892. The van der Waals surface area contributed by atoms with Crippen molar-refractivity contribution in [3.8, 4) is 0 Å². The lowest BCUT2D eigenvalue weighted by Crippen LogP contribution is -2.16. The minimum Gasteiger partial charge on any atom is -0.391 e. The molecule has 0 saturated heterocycles. The van der Waals surface area contributed by atoms with Gasteiger partial charge in [-0.05, 0) is 31.2 Å². The van der Waals surface area contributed by atoms with Gasteiger partial charge in [0.1, 0.15) is 10.7 Å². The van der Waals surface area contributed by atoms with E-state index in [4.69, 9.17) is 5.11 Å². The summed E-state index contributed by atoms with van der Waals surface area (Å²) in [7, 11) is -4.24. The van der Waals surface area contributed by atoms with Crippen molar-refractivity contribution in [1.29, 1.82) is 0 Å². The number of benzene rings is 1. The molecule has 0 aliphatic carbocycles. The molecule has 0 aliphatic heterocycles. The van der Waals surface area contributed by atoms with Crippen LogP contribution >= 0.6 is 0 Å². The van der Waals surface area contributed by atoms with Crippen LogP contribution in [0.4, 0.5) is 14.5 Å². The van der Waals surface area contributed by atoms with Gasteiger partial charge in [0.05, 0.1) is 17.9 Å². The van der Waals surface area contributed by atoms with Crippen LogP contribution in [-0.4, -0.2) is 18.5 Å². The molecule has 0 spiro atoms. The van der Waals surface area contributed by atoms with Gasteiger partial charge in [0.25, 0.3) is 10.0 Å². The Morgan fingerprint density at radius 2 is 2.00 bits per heavy atom. The van der Waals surface area contributed by atoms with Gasteiger partial charge in [-0.2, -0.15) is 0 Å². The fourth-order valence-electron chi connectivity index (χ4n) is 1.75. The summed E-state index contributed by atoms with van der Waals surface area (Å²) in [4.78, 5) is 3.17. The maximum absolute atomic E-state index is 14.0. The molecule has 0 atom stereocenters. The molecule has 5 nitrogen and oxygen atoms in total. The second-order valence-electron chi connectivity index (χ2n) is 4.29. The van der Waals surface area contributed by atoms with E-state index in [9.17, 15) is 17.2 Å². The number of hydrogen-bond donors (Lipinski definition) is 2. The van der Waals surface area contributed by atoms with E-state index in [2.05, 4.69) is 9.71 Å². The van der Waals surface area contributed by atoms with E-state index in [0.29, 0.717) is 5.69 Å². The largest absolute Gasteiger partial charge is 0.391 e. The number of anilines is 1. The minimum absolute atomic E-state index is 0.205. The fourth-order valence-corrected chi connectivity index (χ4v) is 2.90. The monoisotopic (exact) mass is 314 g/mol. The number of aromatic nitrogens is 1. The Hall–Kier alpha value is -2.06. The van der Waals surface area contributed by atoms with Gasteiger partial charge in [0.15, 0.2) is 5.82 Å². The number of rotatable bonds is 4. The van der Waals surface area contributed by atoms with E-state index in [1.807, 2.05) is 0 Å². The molecule has 0 saturated carbocycles. The maximum atomic E-state index is 14.0. The molecule has 0 aliphatic rings. The molecule has 2 rings (SSSR count). The number of sulfonamides is 1. The van der Waals surface area contributed by atoms with E-state index in [-0.39, 0.29) is 5.69 Å². The summed E-state index contributed by atoms with van der Waals surface area (Å²) in [5.74, 6) is -2.32. The highest BCUT2D eigenvalue weighted by atomic mass is 32.2. The lowest BCUT2D eigenvalue weighted by atomic mass is 10.2. The predicted octanol–water partition coefficient (Wildman–Crippen LogP) is 1.96. The van der Waals surface area contributed by atoms with Crippen LogP contribution in [0, 0.1) is 18.6 Å². The van der Waals surface area contributed by atoms with Crippen molar-refractivity contribution in [2.75, 3.05) is 4.72 Å². The zero-order valence-corrected chi connectivity index (χ0v) is 11.8. The lowest BCUT2D eigenvalue weighted by molar-refractivity contribution is 0.267. The Morgan fingerprint density at radius 3 is 2.62 bits per heavy atom. The molecule has 1 aromatic carbocycles. The predicted molar refractivity (Wildman–Crippen MR) is 72.1 cm³/mol. The van der Waals surface area contributed by atoms with Crippen LogP contribution in [0.1, 0.15) is 11.3 Å². The van der Waals surface area contributed by atoms with Crippen LogP contribution in [0.5, 0.6) is 0 Å². The van der Waals surface area contributed by atoms with Gasteiger partial charge < -0.3 is 5.11 Å². The molecule has 0 radical (unpaired) electrons. The number of aliphatic hydroxyl groups excluding tert-OH is 1. The van der Waals surface area contributed by atoms with Crippen LogP contribution < -0.4 is 4.72 Å². The molecular weight excluding hydrogens is 302 g/mol. The van der Waals surface area contributed by atoms with Crippen molar-refractivity contribution in [2.45, 2.75) is 18.4 Å². The van der Waals surface area contributed by atoms with Crippen molar-refractivity contribution in [1.82, 2.24) is 4.98 Å². The third-order valence-electron chi connectivity index (χ3n) is 2.75. The van der Waals surface area contributed by atoms with E-state index < -0.39 is 38.7 Å². The number of halogens is 2. The SMILES string of the molecule is Cc1cc(NS(=O)(=O)c2ccc(F)c(CO)c2F)ccn1. The first-order chi connectivity index (χ1) is 9.85. The smallest absolute Gasteiger partial charge is 0.264 e. The molecule has 0 amide bonds. The Balaban J connectivity index is 2.45. The van der Waals surface area contributed by atoms with Gasteiger partial charge in [0.2, 0.25) is 0 Å². The van der Waals surface area contributed by atoms with Crippen molar-refractivity contribution >= 4 is 15.7 Å². The van der Waals surface area contributed by atoms with Crippen molar-refractivity contribution < 1.29 is 22.3 Å². The van der Waals surface area contributed by atoms with Crippen LogP contribution in [0.15, 0.2) is 35.4 Å². The summed E-state index contributed by atoms with van der Waals surface area (Å²) in [6, 6.07) is 4.46. The summed E-state index contributed by atoms with van der Waals surface area (Å²) in [5, 5.41) is 8.91. The number of nitrogens with one attached hydrogen (secondary N) is 1. The van der Waals surface area contributed by atoms with E-state index >= 15 is 0 Å². The molecular formula is C13H12F2N2O3S. The average molecular weight is 314 g/mol. The number of nitrogens with zero attached hydrogens (tertiary/aromatic N) is 1. The lowest BCUT2D eigenvalue weighted by Gasteiger charge is -2.11. The first-order valence-electron chi connectivity index (χ1n) is 5.88. The van der Waals surface area contributed by atoms with Crippen molar-refractivity contribution in [3.05, 3.63) is 53.4 Å². The molecule has 8 heteroatoms. The van der Waals surface area contributed by atoms with Crippen LogP contribution in [0.3, 0.4) is 0 Å². The summed E-state index contributed by atoms with van der Waals surface area (Å²) < 4.78 is 53.7. The Bertz CT molecular complexity index is 779. The Kier molecular flexibility index (Phi) is 4.19. The molecule has 0 fully saturated rings. The zero-order valence-electron chi connectivity index (χ0n) is 11.0. The second-order valence-corrected chi connectivity index (χ2v) is 5.94. The molecule has 2 N–H and O–H groups in total. The van der Waals surface area contributed by atoms with E-state index in [1.165, 1.54) is 18.3 Å². The average Bonchev–Trinajstić information content (AvgIpc) is 2.38. The maximum Gasteiger partial charge on any atom is 0.264 e. The number of aryl methyl sites for hydroxylation is 1. The molecule has 2 aromatic rings. The fraction of sp³-hybridized carbons (Fsp3) is 0.154. The van der Waals surface area contributed by atoms with Crippen LogP contribution in [0.2, 0.25) is 0 Å². The van der Waals surface area contributed by atoms with Crippen LogP contribution in [0.25, 0.3) is 0 Å². The van der Waals surface area contributed by atoms with Gasteiger partial charge in [-0.15, -0.1) is 0 Å². The number of aliphatic hydroxyl groups is 1. The molecule has 21 heavy (non-hydrogen) atoms. The molecule has 1 aromatic heterocycles. The minimum atomic E-state index is -4.24. The molecule has 0 bridgehead atoms. The van der Waals surface area contributed by atoms with Gasteiger partial charge in [-0.25, -0.2) is 17.2 Å². The number of pyridine rings is 1. The standard InChI is InChI=1S/C13H12F2N2O3S/c1-8-6-9(4-5-16-8)17-21(19,20)12-3-2-11(14)10(7-18)13(12)15/h2-6,18H,7H2,1H3,(H,16,17). The zero-order chi connectivity index (χ0) is 15.6. The highest BCUT2D eigenvalue weighted by Gasteiger charge is 2.23. The second kappa shape index (κ2) is 5.74. The van der Waals surface area contributed by atoms with Crippen LogP contribution in [-0.2, 0) is 16.6 Å². The van der Waals surface area contributed by atoms with E-state index in [0.717, 1.165) is 12.1 Å². The van der Waals surface area contributed by atoms with Gasteiger partial charge >= 0.3 is 0 Å². The van der Waals surface area contributed by atoms with E-state index in [1.54, 1.807) is 6.92 Å². The highest BCUT2D eigenvalue weighted by molar-refractivity contribution is 7.92. The quantitative estimate of drug-likeness (QED) is 0.904. The van der Waals surface area contributed by atoms with Gasteiger partial charge in [-0.3, -0.25) is 9.71 Å². The molecule has 1 heterocycles. The highest BCUT2D eigenvalue weighted by Crippen LogP contribution is 2.23. The Labute approximate surface area is 120 Å². The van der Waals surface area contributed by atoms with Gasteiger partial charge in [0, 0.05) is 11.9 Å². The first kappa shape index (κ1) is 15.3. The van der Waals surface area contributed by atoms with Gasteiger partial charge in [-0.1, -0.05) is 0 Å². The summed E-state index contributed by atoms with van der Waals surface area (Å²) >= 11 is 0.